The van der Waals surface area contributed by atoms with Gasteiger partial charge >= 0.3 is 0 Å². The summed E-state index contributed by atoms with van der Waals surface area (Å²) in [5.74, 6) is 0.169. The first-order chi connectivity index (χ1) is 42.1. The number of hydrogen-bond acceptors (Lipinski definition) is 24. The Kier molecular flexibility index (Phi) is 25.3. The van der Waals surface area contributed by atoms with Gasteiger partial charge in [0.2, 0.25) is 0 Å². The van der Waals surface area contributed by atoms with Crippen molar-refractivity contribution in [3.8, 4) is 0 Å². The average Bonchev–Trinajstić information content (AvgIpc) is 2.25. The number of benzene rings is 2. The van der Waals surface area contributed by atoms with Crippen molar-refractivity contribution in [3.05, 3.63) is 95.6 Å². The van der Waals surface area contributed by atoms with Crippen molar-refractivity contribution in [2.75, 3.05) is 37.4 Å². The molecule has 20 atom stereocenters. The number of alkyl halides is 2. The lowest BCUT2D eigenvalue weighted by atomic mass is 9.98. The molecule has 478 valence electrons. The van der Waals surface area contributed by atoms with Crippen LogP contribution in [0.5, 0.6) is 0 Å². The van der Waals surface area contributed by atoms with E-state index in [4.69, 9.17) is 30.5 Å². The van der Waals surface area contributed by atoms with Gasteiger partial charge in [0.15, 0.2) is 20.7 Å². The maximum Gasteiger partial charge on any atom is 0.159 e. The van der Waals surface area contributed by atoms with Crippen molar-refractivity contribution >= 4 is 95.2 Å². The van der Waals surface area contributed by atoms with Gasteiger partial charge in [-0.3, -0.25) is 20.0 Å². The first-order valence-electron chi connectivity index (χ1n) is 29.1. The highest BCUT2D eigenvalue weighted by atomic mass is 79.9. The highest BCUT2D eigenvalue weighted by Crippen LogP contribution is 2.38. The van der Waals surface area contributed by atoms with Gasteiger partial charge in [-0.25, -0.2) is 9.36 Å². The summed E-state index contributed by atoms with van der Waals surface area (Å²) in [4.78, 5) is 17.1. The zero-order chi connectivity index (χ0) is 61.7. The van der Waals surface area contributed by atoms with Crippen LogP contribution in [0.4, 0.5) is 0 Å². The first kappa shape index (κ1) is 67.7. The smallest absolute Gasteiger partial charge is 0.159 e. The van der Waals surface area contributed by atoms with E-state index in [1.54, 1.807) is 9.36 Å². The number of aryl methyl sites for hydroxylation is 2. The van der Waals surface area contributed by atoms with Gasteiger partial charge in [0.25, 0.3) is 0 Å². The Hall–Kier alpha value is -3.71. The van der Waals surface area contributed by atoms with Crippen LogP contribution >= 0.6 is 74.6 Å². The standard InChI is InChI=1S/C19H25N5O3S.C18H23N5O3S.C9H15BrN2O3S.C9H15ClN2O3S/c1-2-20-19-21-15-17(26)16(25)14(27-18(15)28-19)11-24-10-13(22-23-24)9-8-12-6-4-3-5-7-12;1-2-19-18-20-14-16(25)15(24)13(26-17(14)27-18)10-23-9-12(21-22-23)8-11-6-4-3-5-7-11;2*1-2-11-9-12-5-7(14)6(13)4(3-10)15-8(5)16-9/h3-7,10,14-18,25-26H,2,8-9,11H2,1H3,(H,20,21);3-7,9,13-17,24-25H,2,8,10H2,1H3,(H,19,20);2*4-8,13-14H,2-3H2,1H3,(H,11,12)/t14-,15-,16-,17-,18-;13-,14-,15-,16-,17-;2*4-,5-,6-,7-,8-/m1111/s1. The predicted octanol–water partition coefficient (Wildman–Crippen LogP) is 0.649. The molecule has 0 unspecified atom stereocenters. The van der Waals surface area contributed by atoms with E-state index < -0.39 is 67.1 Å². The summed E-state index contributed by atoms with van der Waals surface area (Å²) >= 11 is 14.7. The van der Waals surface area contributed by atoms with Crippen LogP contribution in [0, 0.1) is 0 Å². The van der Waals surface area contributed by atoms with E-state index in [9.17, 15) is 40.9 Å². The number of amidine groups is 4. The molecule has 26 nitrogen and oxygen atoms in total. The zero-order valence-corrected chi connectivity index (χ0v) is 53.9. The van der Waals surface area contributed by atoms with Crippen molar-refractivity contribution < 1.29 is 59.8 Å². The normalized spacial score (nSPS) is 36.5. The molecule has 0 radical (unpaired) electrons. The molecule has 8 saturated heterocycles. The number of aromatic nitrogens is 6. The number of thioether (sulfide) groups is 4. The third-order valence-corrected chi connectivity index (χ3v) is 20.4. The fraction of sp³-hybridized carbons (Fsp3) is 0.636. The Balaban J connectivity index is 0.000000143. The van der Waals surface area contributed by atoms with Crippen LogP contribution in [0.1, 0.15) is 50.2 Å². The molecule has 0 aliphatic carbocycles. The molecule has 2 aromatic heterocycles. The van der Waals surface area contributed by atoms with Crippen LogP contribution in [0.15, 0.2) is 93.0 Å². The van der Waals surface area contributed by atoms with E-state index in [1.807, 2.05) is 88.6 Å². The van der Waals surface area contributed by atoms with Gasteiger partial charge in [-0.05, 0) is 51.7 Å². The van der Waals surface area contributed by atoms with Gasteiger partial charge < -0.3 is 81.1 Å². The molecule has 32 heteroatoms. The average molecular weight is 1370 g/mol. The summed E-state index contributed by atoms with van der Waals surface area (Å²) < 4.78 is 26.7. The Morgan fingerprint density at radius 3 is 1.21 bits per heavy atom. The number of aliphatic imine (C=N–C) groups is 4. The van der Waals surface area contributed by atoms with Gasteiger partial charge in [-0.1, -0.05) is 134 Å². The van der Waals surface area contributed by atoms with Crippen LogP contribution in [-0.2, 0) is 51.3 Å². The van der Waals surface area contributed by atoms with Crippen molar-refractivity contribution in [1.82, 2.24) is 51.3 Å². The number of fused-ring (bicyclic) bond motifs is 4. The molecule has 12 N–H and O–H groups in total. The van der Waals surface area contributed by atoms with Crippen molar-refractivity contribution in [3.63, 3.8) is 0 Å². The van der Waals surface area contributed by atoms with E-state index in [1.165, 1.54) is 52.6 Å². The Labute approximate surface area is 535 Å². The summed E-state index contributed by atoms with van der Waals surface area (Å²) in [6.45, 7) is 11.1. The molecule has 10 heterocycles. The second kappa shape index (κ2) is 32.5. The van der Waals surface area contributed by atoms with Gasteiger partial charge in [0, 0.05) is 50.3 Å². The minimum Gasteiger partial charge on any atom is -0.388 e. The lowest BCUT2D eigenvalue weighted by Crippen LogP contribution is -2.59. The van der Waals surface area contributed by atoms with Crippen molar-refractivity contribution in [1.29, 1.82) is 0 Å². The maximum absolute atomic E-state index is 10.5. The second-order valence-electron chi connectivity index (χ2n) is 21.2. The highest BCUT2D eigenvalue weighted by molar-refractivity contribution is 9.09. The lowest BCUT2D eigenvalue weighted by Gasteiger charge is -2.38. The molecule has 2 aromatic carbocycles. The quantitative estimate of drug-likeness (QED) is 0.0727. The monoisotopic (exact) mass is 1370 g/mol. The molecule has 8 aliphatic rings. The van der Waals surface area contributed by atoms with Gasteiger partial charge in [-0.15, -0.1) is 21.8 Å². The summed E-state index contributed by atoms with van der Waals surface area (Å²) in [7, 11) is 0. The molecular formula is C55H78BrClN14O12S4. The number of hydrogen-bond donors (Lipinski definition) is 12. The van der Waals surface area contributed by atoms with Crippen LogP contribution in [-0.4, -0.2) is 248 Å². The molecule has 87 heavy (non-hydrogen) atoms. The van der Waals surface area contributed by atoms with E-state index >= 15 is 0 Å². The molecule has 0 saturated carbocycles. The fourth-order valence-corrected chi connectivity index (χ4v) is 16.1. The SMILES string of the molecule is CCN=C1N[C@@H]2[C@@H](O)[C@H](O)[C@@H](CBr)O[C@@H]2S1.CCN=C1N[C@@H]2[C@@H](O)[C@H](O)[C@@H](CCl)O[C@@H]2S1.CCN=C1N[C@@H]2[C@@H](O)[C@H](O)[C@@H](Cn3cc(CCc4ccccc4)nn3)O[C@@H]2S1.CCN=C1N[C@@H]2[C@@H](O)[C@H](O)[C@@H](Cn3cc(Cc4ccccc4)nn3)O[C@@H]2S1. The van der Waals surface area contributed by atoms with Crippen molar-refractivity contribution in [2.45, 2.75) is 179 Å². The van der Waals surface area contributed by atoms with E-state index in [-0.39, 0.29) is 57.9 Å². The number of rotatable bonds is 15. The third kappa shape index (κ3) is 17.3. The van der Waals surface area contributed by atoms with E-state index in [0.717, 1.165) is 50.5 Å². The largest absolute Gasteiger partial charge is 0.388 e. The number of halogens is 2. The highest BCUT2D eigenvalue weighted by Gasteiger charge is 2.52. The molecule has 12 rings (SSSR count). The van der Waals surface area contributed by atoms with Gasteiger partial charge in [0.1, 0.15) is 88.9 Å². The number of nitrogens with one attached hydrogen (secondary N) is 4. The molecule has 8 fully saturated rings. The minimum atomic E-state index is -1.01. The van der Waals surface area contributed by atoms with E-state index in [2.05, 4.69) is 89.9 Å². The number of aliphatic hydroxyl groups is 8. The summed E-state index contributed by atoms with van der Waals surface area (Å²) in [5, 5.41) is 114. The zero-order valence-electron chi connectivity index (χ0n) is 48.3. The molecule has 0 amide bonds. The summed E-state index contributed by atoms with van der Waals surface area (Å²) in [5.41, 5.74) is 3.18. The first-order valence-corrected chi connectivity index (χ1v) is 34.2. The Morgan fingerprint density at radius 2 is 0.816 bits per heavy atom. The maximum atomic E-state index is 10.5. The van der Waals surface area contributed by atoms with E-state index in [0.29, 0.717) is 51.0 Å². The molecular weight excluding hydrogens is 1290 g/mol. The molecule has 0 spiro atoms. The van der Waals surface area contributed by atoms with Crippen LogP contribution in [0.25, 0.3) is 0 Å². The topological polar surface area (TPSA) is 358 Å². The molecule has 8 aliphatic heterocycles. The molecule has 0 bridgehead atoms. The Bertz CT molecular complexity index is 2860. The van der Waals surface area contributed by atoms with Crippen LogP contribution in [0.3, 0.4) is 0 Å². The Morgan fingerprint density at radius 1 is 0.471 bits per heavy atom. The van der Waals surface area contributed by atoms with Crippen LogP contribution in [0.2, 0.25) is 0 Å². The number of aliphatic hydroxyl groups excluding tert-OH is 8. The van der Waals surface area contributed by atoms with Crippen molar-refractivity contribution in [2.24, 2.45) is 20.0 Å². The van der Waals surface area contributed by atoms with Crippen LogP contribution < -0.4 is 21.3 Å². The summed E-state index contributed by atoms with van der Waals surface area (Å²) in [6.07, 6.45) is -3.30. The number of nitrogens with zero attached hydrogens (tertiary/aromatic N) is 10. The number of ether oxygens (including phenoxy) is 4. The third-order valence-electron chi connectivity index (χ3n) is 15.0. The van der Waals surface area contributed by atoms with Gasteiger partial charge in [0.05, 0.1) is 60.6 Å². The second-order valence-corrected chi connectivity index (χ2v) is 26.5. The minimum absolute atomic E-state index is 0.169. The lowest BCUT2D eigenvalue weighted by molar-refractivity contribution is -0.160. The summed E-state index contributed by atoms with van der Waals surface area (Å²) in [6, 6.07) is 19.0. The molecule has 4 aromatic rings. The predicted molar refractivity (Wildman–Crippen MR) is 340 cm³/mol. The fourth-order valence-electron chi connectivity index (χ4n) is 10.5. The van der Waals surface area contributed by atoms with Gasteiger partial charge in [-0.2, -0.15) is 0 Å².